The molecule has 0 spiro atoms. The molecule has 0 aliphatic carbocycles. The highest BCUT2D eigenvalue weighted by Crippen LogP contribution is 2.39. The lowest BCUT2D eigenvalue weighted by Crippen LogP contribution is -2.29. The summed E-state index contributed by atoms with van der Waals surface area (Å²) in [4.78, 5) is 30.9. The second-order valence-corrected chi connectivity index (χ2v) is 8.86. The van der Waals surface area contributed by atoms with Crippen LogP contribution < -0.4 is 10.2 Å². The van der Waals surface area contributed by atoms with E-state index in [-0.39, 0.29) is 22.3 Å². The quantitative estimate of drug-likeness (QED) is 0.220. The lowest BCUT2D eigenvalue weighted by atomic mass is 10.1. The first-order chi connectivity index (χ1) is 17.4. The number of benzene rings is 3. The van der Waals surface area contributed by atoms with Gasteiger partial charge in [-0.15, -0.1) is 11.3 Å². The molecule has 5 nitrogen and oxygen atoms in total. The van der Waals surface area contributed by atoms with Crippen molar-refractivity contribution in [3.63, 3.8) is 0 Å². The number of imide groups is 1. The van der Waals surface area contributed by atoms with Gasteiger partial charge < -0.3 is 5.32 Å². The first-order valence-electron chi connectivity index (χ1n) is 10.5. The lowest BCUT2D eigenvalue weighted by molar-refractivity contribution is -0.143. The second kappa shape index (κ2) is 8.73. The molecule has 0 atom stereocenters. The van der Waals surface area contributed by atoms with E-state index in [1.54, 1.807) is 53.9 Å². The average molecular weight is 533 g/mol. The number of nitrogens with zero attached hydrogens (tertiary/aromatic N) is 2. The van der Waals surface area contributed by atoms with E-state index in [2.05, 4.69) is 10.3 Å². The Morgan fingerprint density at radius 1 is 0.757 bits per heavy atom. The summed E-state index contributed by atoms with van der Waals surface area (Å²) in [7, 11) is 0. The van der Waals surface area contributed by atoms with Crippen LogP contribution in [0.5, 0.6) is 0 Å². The topological polar surface area (TPSA) is 62.3 Å². The summed E-state index contributed by atoms with van der Waals surface area (Å²) >= 11 is 0.963. The van der Waals surface area contributed by atoms with Gasteiger partial charge in [-0.3, -0.25) is 9.59 Å². The van der Waals surface area contributed by atoms with E-state index >= 15 is 0 Å². The number of fused-ring (bicyclic) bond motifs is 1. The zero-order chi connectivity index (χ0) is 26.5. The monoisotopic (exact) mass is 533 g/mol. The summed E-state index contributed by atoms with van der Waals surface area (Å²) in [5.74, 6) is -0.966. The molecule has 1 aromatic heterocycles. The van der Waals surface area contributed by atoms with Crippen molar-refractivity contribution in [3.8, 4) is 11.3 Å². The number of nitrogens with one attached hydrogen (secondary N) is 1. The number of carbonyl (C=O) groups is 2. The molecule has 12 heteroatoms. The fourth-order valence-electron chi connectivity index (χ4n) is 3.84. The molecule has 188 valence electrons. The number of hydrogen-bond acceptors (Lipinski definition) is 5. The molecule has 0 radical (unpaired) electrons. The zero-order valence-electron chi connectivity index (χ0n) is 18.3. The molecule has 0 saturated heterocycles. The Hall–Kier alpha value is -4.19. The molecule has 5 rings (SSSR count). The maximum absolute atomic E-state index is 13.1. The molecule has 0 saturated carbocycles. The molecule has 1 N–H and O–H groups in total. The first-order valence-corrected chi connectivity index (χ1v) is 11.4. The third kappa shape index (κ3) is 4.67. The number of alkyl halides is 6. The van der Waals surface area contributed by atoms with Crippen molar-refractivity contribution in [1.29, 1.82) is 0 Å². The van der Waals surface area contributed by atoms with Crippen LogP contribution >= 0.6 is 11.3 Å². The summed E-state index contributed by atoms with van der Waals surface area (Å²) < 4.78 is 78.9. The standard InChI is InChI=1S/C25H13F6N3O2S/c26-24(27,28)14-9-15(25(29,30)31)11-16(10-14)32-23-33-20(12-37-23)13-4-3-5-17(8-13)34-21(35)18-6-1-2-7-19(18)22(34)36/h1-12H,(H,32,33). The normalized spacial score (nSPS) is 13.7. The van der Waals surface area contributed by atoms with Gasteiger partial charge >= 0.3 is 12.4 Å². The smallest absolute Gasteiger partial charge is 0.332 e. The Morgan fingerprint density at radius 3 is 1.92 bits per heavy atom. The van der Waals surface area contributed by atoms with Gasteiger partial charge in [0.15, 0.2) is 5.13 Å². The van der Waals surface area contributed by atoms with Gasteiger partial charge in [-0.05, 0) is 42.5 Å². The number of aromatic nitrogens is 1. The van der Waals surface area contributed by atoms with E-state index in [0.717, 1.165) is 16.2 Å². The molecule has 0 unspecified atom stereocenters. The van der Waals surface area contributed by atoms with Gasteiger partial charge in [0.05, 0.1) is 33.6 Å². The van der Waals surface area contributed by atoms with Gasteiger partial charge in [0, 0.05) is 16.6 Å². The highest BCUT2D eigenvalue weighted by Gasteiger charge is 2.38. The molecule has 3 aromatic carbocycles. The third-order valence-corrected chi connectivity index (χ3v) is 6.30. The maximum atomic E-state index is 13.1. The molecule has 2 heterocycles. The van der Waals surface area contributed by atoms with Crippen LogP contribution in [-0.4, -0.2) is 16.8 Å². The van der Waals surface area contributed by atoms with Crippen molar-refractivity contribution in [2.24, 2.45) is 0 Å². The average Bonchev–Trinajstić information content (AvgIpc) is 3.41. The number of halogens is 6. The van der Waals surface area contributed by atoms with Crippen LogP contribution in [0.25, 0.3) is 11.3 Å². The van der Waals surface area contributed by atoms with E-state index in [4.69, 9.17) is 0 Å². The molecule has 0 bridgehead atoms. The van der Waals surface area contributed by atoms with Crippen molar-refractivity contribution in [1.82, 2.24) is 4.98 Å². The summed E-state index contributed by atoms with van der Waals surface area (Å²) in [5, 5.41) is 4.10. The zero-order valence-corrected chi connectivity index (χ0v) is 19.1. The maximum Gasteiger partial charge on any atom is 0.416 e. The predicted octanol–water partition coefficient (Wildman–Crippen LogP) is 7.39. The van der Waals surface area contributed by atoms with Crippen molar-refractivity contribution in [3.05, 3.63) is 94.4 Å². The highest BCUT2D eigenvalue weighted by atomic mass is 32.1. The first kappa shape index (κ1) is 24.5. The van der Waals surface area contributed by atoms with Crippen LogP contribution in [0.2, 0.25) is 0 Å². The number of hydrogen-bond donors (Lipinski definition) is 1. The number of amides is 2. The summed E-state index contributed by atoms with van der Waals surface area (Å²) in [5.41, 5.74) is -1.66. The number of anilines is 3. The van der Waals surface area contributed by atoms with Gasteiger partial charge in [0.1, 0.15) is 0 Å². The van der Waals surface area contributed by atoms with Crippen LogP contribution in [-0.2, 0) is 12.4 Å². The fraction of sp³-hybridized carbons (Fsp3) is 0.0800. The highest BCUT2D eigenvalue weighted by molar-refractivity contribution is 7.14. The minimum atomic E-state index is -4.98. The van der Waals surface area contributed by atoms with Gasteiger partial charge in [0.25, 0.3) is 11.8 Å². The largest absolute Gasteiger partial charge is 0.416 e. The van der Waals surface area contributed by atoms with Gasteiger partial charge in [-0.1, -0.05) is 24.3 Å². The molecule has 37 heavy (non-hydrogen) atoms. The number of carbonyl (C=O) groups excluding carboxylic acids is 2. The van der Waals surface area contributed by atoms with Crippen molar-refractivity contribution < 1.29 is 35.9 Å². The van der Waals surface area contributed by atoms with Crippen LogP contribution in [0.3, 0.4) is 0 Å². The summed E-state index contributed by atoms with van der Waals surface area (Å²) in [6.45, 7) is 0. The molecule has 4 aromatic rings. The van der Waals surface area contributed by atoms with Crippen LogP contribution in [0.4, 0.5) is 42.8 Å². The van der Waals surface area contributed by atoms with Crippen molar-refractivity contribution in [2.75, 3.05) is 10.2 Å². The Labute approximate surface area is 209 Å². The Kier molecular flexibility index (Phi) is 5.78. The van der Waals surface area contributed by atoms with Gasteiger partial charge in [-0.25, -0.2) is 9.88 Å². The molecular weight excluding hydrogens is 520 g/mol. The molecular formula is C25H13F6N3O2S. The van der Waals surface area contributed by atoms with E-state index < -0.39 is 41.0 Å². The van der Waals surface area contributed by atoms with Crippen molar-refractivity contribution >= 4 is 39.7 Å². The van der Waals surface area contributed by atoms with E-state index in [9.17, 15) is 35.9 Å². The van der Waals surface area contributed by atoms with E-state index in [1.807, 2.05) is 0 Å². The lowest BCUT2D eigenvalue weighted by Gasteiger charge is -2.15. The van der Waals surface area contributed by atoms with Crippen LogP contribution in [0, 0.1) is 0 Å². The Bertz CT molecular complexity index is 1480. The van der Waals surface area contributed by atoms with Crippen LogP contribution in [0.1, 0.15) is 31.8 Å². The Balaban J connectivity index is 1.43. The third-order valence-electron chi connectivity index (χ3n) is 5.54. The summed E-state index contributed by atoms with van der Waals surface area (Å²) in [6, 6.07) is 13.9. The van der Waals surface area contributed by atoms with Gasteiger partial charge in [-0.2, -0.15) is 26.3 Å². The molecule has 0 fully saturated rings. The van der Waals surface area contributed by atoms with E-state index in [0.29, 0.717) is 29.1 Å². The van der Waals surface area contributed by atoms with Crippen LogP contribution in [0.15, 0.2) is 72.1 Å². The molecule has 1 aliphatic rings. The van der Waals surface area contributed by atoms with E-state index in [1.165, 1.54) is 0 Å². The fourth-order valence-corrected chi connectivity index (χ4v) is 4.58. The molecule has 2 amide bonds. The van der Waals surface area contributed by atoms with Crippen molar-refractivity contribution in [2.45, 2.75) is 12.4 Å². The SMILES string of the molecule is O=C1c2ccccc2C(=O)N1c1cccc(-c2csc(Nc3cc(C(F)(F)F)cc(C(F)(F)F)c3)n2)c1. The number of rotatable bonds is 4. The second-order valence-electron chi connectivity index (χ2n) is 8.00. The minimum absolute atomic E-state index is 0.0448. The minimum Gasteiger partial charge on any atom is -0.332 e. The van der Waals surface area contributed by atoms with Gasteiger partial charge in [0.2, 0.25) is 0 Å². The number of thiazole rings is 1. The summed E-state index contributed by atoms with van der Waals surface area (Å²) in [6.07, 6.45) is -9.95. The Morgan fingerprint density at radius 2 is 1.35 bits per heavy atom. The molecule has 1 aliphatic heterocycles. The predicted molar refractivity (Wildman–Crippen MR) is 125 cm³/mol.